The van der Waals surface area contributed by atoms with Crippen LogP contribution in [-0.4, -0.2) is 38.9 Å². The quantitative estimate of drug-likeness (QED) is 0.660. The van der Waals surface area contributed by atoms with Crippen LogP contribution < -0.4 is 5.32 Å². The highest BCUT2D eigenvalue weighted by molar-refractivity contribution is 7.13. The van der Waals surface area contributed by atoms with E-state index in [4.69, 9.17) is 0 Å². The van der Waals surface area contributed by atoms with E-state index in [-0.39, 0.29) is 35.5 Å². The molecular weight excluding hydrogens is 316 g/mol. The van der Waals surface area contributed by atoms with Gasteiger partial charge in [-0.1, -0.05) is 23.5 Å². The van der Waals surface area contributed by atoms with Gasteiger partial charge in [-0.15, -0.1) is 10.2 Å². The summed E-state index contributed by atoms with van der Waals surface area (Å²) >= 11 is 1.19. The molecule has 1 saturated carbocycles. The molecule has 5 atom stereocenters. The first kappa shape index (κ1) is 14.5. The van der Waals surface area contributed by atoms with Crippen LogP contribution in [0.2, 0.25) is 0 Å². The van der Waals surface area contributed by atoms with Crippen molar-refractivity contribution in [2.45, 2.75) is 25.8 Å². The van der Waals surface area contributed by atoms with Gasteiger partial charge in [-0.25, -0.2) is 0 Å². The minimum atomic E-state index is -0.844. The highest BCUT2D eigenvalue weighted by atomic mass is 32.1. The number of imide groups is 1. The summed E-state index contributed by atoms with van der Waals surface area (Å²) in [6, 6.07) is -0.844. The van der Waals surface area contributed by atoms with Crippen molar-refractivity contribution in [2.24, 2.45) is 23.7 Å². The molecule has 3 amide bonds. The molecule has 4 aliphatic rings. The van der Waals surface area contributed by atoms with E-state index in [2.05, 4.69) is 27.7 Å². The molecule has 2 bridgehead atoms. The summed E-state index contributed by atoms with van der Waals surface area (Å²) in [7, 11) is 0. The SMILES string of the molecule is C[C@H](C(=O)Nc1nncs1)N1C(=O)[C@@H]2[C@H](C1=O)[C@H]1C=C[C@H]2CC1. The zero-order chi connectivity index (χ0) is 16.1. The first-order valence-electron chi connectivity index (χ1n) is 7.70. The van der Waals surface area contributed by atoms with Gasteiger partial charge in [0.25, 0.3) is 0 Å². The predicted octanol–water partition coefficient (Wildman–Crippen LogP) is 1.06. The number of aromatic nitrogens is 2. The van der Waals surface area contributed by atoms with E-state index in [0.29, 0.717) is 5.13 Å². The lowest BCUT2D eigenvalue weighted by Crippen LogP contribution is -2.46. The van der Waals surface area contributed by atoms with Gasteiger partial charge in [-0.05, 0) is 31.6 Å². The highest BCUT2D eigenvalue weighted by Gasteiger charge is 2.58. The van der Waals surface area contributed by atoms with Gasteiger partial charge in [0.05, 0.1) is 11.8 Å². The molecule has 2 heterocycles. The number of nitrogens with zero attached hydrogens (tertiary/aromatic N) is 3. The minimum absolute atomic E-state index is 0.130. The van der Waals surface area contributed by atoms with E-state index >= 15 is 0 Å². The van der Waals surface area contributed by atoms with Crippen LogP contribution in [-0.2, 0) is 14.4 Å². The Morgan fingerprint density at radius 1 is 1.26 bits per heavy atom. The number of anilines is 1. The molecule has 1 aromatic heterocycles. The molecule has 1 aliphatic heterocycles. The van der Waals surface area contributed by atoms with Crippen LogP contribution in [0.1, 0.15) is 19.8 Å². The summed E-state index contributed by atoms with van der Waals surface area (Å²) in [5, 5.41) is 10.4. The summed E-state index contributed by atoms with van der Waals surface area (Å²) in [6.45, 7) is 1.58. The van der Waals surface area contributed by atoms with Crippen LogP contribution >= 0.6 is 11.3 Å². The van der Waals surface area contributed by atoms with Crippen LogP contribution in [0, 0.1) is 23.7 Å². The van der Waals surface area contributed by atoms with Crippen LogP contribution in [0.5, 0.6) is 0 Å². The van der Waals surface area contributed by atoms with Crippen molar-refractivity contribution in [3.05, 3.63) is 17.7 Å². The Balaban J connectivity index is 1.56. The lowest BCUT2D eigenvalue weighted by Gasteiger charge is -2.38. The summed E-state index contributed by atoms with van der Waals surface area (Å²) in [4.78, 5) is 39.0. The lowest BCUT2D eigenvalue weighted by atomic mass is 9.63. The van der Waals surface area contributed by atoms with Crippen molar-refractivity contribution in [2.75, 3.05) is 5.32 Å². The van der Waals surface area contributed by atoms with Crippen molar-refractivity contribution < 1.29 is 14.4 Å². The van der Waals surface area contributed by atoms with Crippen LogP contribution in [0.4, 0.5) is 5.13 Å². The third kappa shape index (κ3) is 2.12. The normalized spacial score (nSPS) is 33.0. The smallest absolute Gasteiger partial charge is 0.249 e. The third-order valence-electron chi connectivity index (χ3n) is 5.15. The third-order valence-corrected chi connectivity index (χ3v) is 5.76. The molecule has 0 spiro atoms. The summed E-state index contributed by atoms with van der Waals surface area (Å²) in [5.41, 5.74) is 1.50. The van der Waals surface area contributed by atoms with Crippen molar-refractivity contribution >= 4 is 34.2 Å². The Labute approximate surface area is 136 Å². The van der Waals surface area contributed by atoms with Gasteiger partial charge < -0.3 is 0 Å². The van der Waals surface area contributed by atoms with Crippen LogP contribution in [0.15, 0.2) is 17.7 Å². The number of amides is 3. The summed E-state index contributed by atoms with van der Waals surface area (Å²) in [6.07, 6.45) is 6.02. The minimum Gasteiger partial charge on any atom is -0.299 e. The molecule has 1 N–H and O–H groups in total. The molecule has 120 valence electrons. The predicted molar refractivity (Wildman–Crippen MR) is 82.2 cm³/mol. The summed E-state index contributed by atoms with van der Waals surface area (Å²) in [5.74, 6) is -1.15. The maximum Gasteiger partial charge on any atom is 0.249 e. The first-order chi connectivity index (χ1) is 11.1. The topological polar surface area (TPSA) is 92.3 Å². The second-order valence-corrected chi connectivity index (χ2v) is 7.13. The molecular formula is C15H16N4O3S. The van der Waals surface area contributed by atoms with Gasteiger partial charge in [0, 0.05) is 0 Å². The van der Waals surface area contributed by atoms with Crippen LogP contribution in [0.25, 0.3) is 0 Å². The Kier molecular flexibility index (Phi) is 3.29. The molecule has 2 fully saturated rings. The maximum absolute atomic E-state index is 12.8. The van der Waals surface area contributed by atoms with E-state index in [1.165, 1.54) is 16.8 Å². The molecule has 23 heavy (non-hydrogen) atoms. The van der Waals surface area contributed by atoms with Crippen molar-refractivity contribution in [1.29, 1.82) is 0 Å². The average molecular weight is 332 g/mol. The fraction of sp³-hybridized carbons (Fsp3) is 0.533. The van der Waals surface area contributed by atoms with Gasteiger partial charge in [-0.2, -0.15) is 0 Å². The van der Waals surface area contributed by atoms with Gasteiger partial charge in [0.2, 0.25) is 22.9 Å². The van der Waals surface area contributed by atoms with E-state index in [1.807, 2.05) is 0 Å². The second-order valence-electron chi connectivity index (χ2n) is 6.30. The molecule has 0 aromatic carbocycles. The van der Waals surface area contributed by atoms with E-state index in [1.54, 1.807) is 6.92 Å². The Morgan fingerprint density at radius 3 is 2.35 bits per heavy atom. The first-order valence-corrected chi connectivity index (χ1v) is 8.58. The number of carbonyl (C=O) groups excluding carboxylic acids is 3. The highest BCUT2D eigenvalue weighted by Crippen LogP contribution is 2.49. The molecule has 5 rings (SSSR count). The van der Waals surface area contributed by atoms with Gasteiger partial charge in [-0.3, -0.25) is 24.6 Å². The lowest BCUT2D eigenvalue weighted by molar-refractivity contribution is -0.146. The molecule has 7 nitrogen and oxygen atoms in total. The van der Waals surface area contributed by atoms with Gasteiger partial charge in [0.1, 0.15) is 11.6 Å². The van der Waals surface area contributed by atoms with Crippen molar-refractivity contribution in [3.8, 4) is 0 Å². The average Bonchev–Trinajstić information content (AvgIpc) is 3.16. The number of hydrogen-bond donors (Lipinski definition) is 1. The molecule has 1 saturated heterocycles. The van der Waals surface area contributed by atoms with Crippen LogP contribution in [0.3, 0.4) is 0 Å². The van der Waals surface area contributed by atoms with Gasteiger partial charge >= 0.3 is 0 Å². The van der Waals surface area contributed by atoms with E-state index < -0.39 is 11.9 Å². The monoisotopic (exact) mass is 332 g/mol. The molecule has 8 heteroatoms. The van der Waals surface area contributed by atoms with Crippen molar-refractivity contribution in [1.82, 2.24) is 15.1 Å². The molecule has 3 aliphatic carbocycles. The molecule has 0 unspecified atom stereocenters. The molecule has 1 aromatic rings. The largest absolute Gasteiger partial charge is 0.299 e. The van der Waals surface area contributed by atoms with E-state index in [0.717, 1.165) is 17.7 Å². The zero-order valence-corrected chi connectivity index (χ0v) is 13.3. The standard InChI is InChI=1S/C15H16N4O3S/c1-7(12(20)17-15-18-16-6-23-15)19-13(21)10-8-2-3-9(5-4-8)11(10)14(19)22/h2-3,6-11H,4-5H2,1H3,(H,17,18,20)/t7-,8+,9+,10-,11+/m1/s1. The Bertz CT molecular complexity index is 670. The fourth-order valence-corrected chi connectivity index (χ4v) is 4.48. The number of hydrogen-bond acceptors (Lipinski definition) is 6. The number of allylic oxidation sites excluding steroid dienone is 2. The maximum atomic E-state index is 12.8. The number of rotatable bonds is 3. The number of fused-ring (bicyclic) bond motifs is 1. The van der Waals surface area contributed by atoms with E-state index in [9.17, 15) is 14.4 Å². The van der Waals surface area contributed by atoms with Gasteiger partial charge in [0.15, 0.2) is 0 Å². The number of likely N-dealkylation sites (tertiary alicyclic amines) is 1. The number of carbonyl (C=O) groups is 3. The zero-order valence-electron chi connectivity index (χ0n) is 12.5. The number of nitrogens with one attached hydrogen (secondary N) is 1. The van der Waals surface area contributed by atoms with Crippen molar-refractivity contribution in [3.63, 3.8) is 0 Å². The fourth-order valence-electron chi connectivity index (χ4n) is 4.03. The summed E-state index contributed by atoms with van der Waals surface area (Å²) < 4.78 is 0. The molecule has 0 radical (unpaired) electrons. The second kappa shape index (κ2) is 5.23. The Morgan fingerprint density at radius 2 is 1.87 bits per heavy atom. The Hall–Kier alpha value is -2.09.